The third-order valence-corrected chi connectivity index (χ3v) is 4.95. The quantitative estimate of drug-likeness (QED) is 0.539. The summed E-state index contributed by atoms with van der Waals surface area (Å²) in [4.78, 5) is 29.7. The van der Waals surface area contributed by atoms with Crippen molar-refractivity contribution >= 4 is 23.2 Å². The van der Waals surface area contributed by atoms with Crippen molar-refractivity contribution in [2.24, 2.45) is 0 Å². The minimum absolute atomic E-state index is 0.107. The van der Waals surface area contributed by atoms with Crippen LogP contribution in [0.2, 0.25) is 0 Å². The number of thiophene rings is 1. The van der Waals surface area contributed by atoms with Gasteiger partial charge in [-0.2, -0.15) is 11.3 Å². The zero-order chi connectivity index (χ0) is 19.9. The van der Waals surface area contributed by atoms with E-state index < -0.39 is 5.97 Å². The van der Waals surface area contributed by atoms with Gasteiger partial charge in [-0.3, -0.25) is 9.59 Å². The smallest absolute Gasteiger partial charge is 0.306 e. The number of ether oxygens (including phenoxy) is 1. The molecular formula is C21H22N2O4S. The predicted octanol–water partition coefficient (Wildman–Crippen LogP) is 3.85. The molecule has 0 unspecified atom stereocenters. The lowest BCUT2D eigenvalue weighted by Gasteiger charge is -2.16. The van der Waals surface area contributed by atoms with Crippen molar-refractivity contribution < 1.29 is 18.7 Å². The van der Waals surface area contributed by atoms with Gasteiger partial charge >= 0.3 is 5.97 Å². The molecule has 0 saturated carbocycles. The van der Waals surface area contributed by atoms with Gasteiger partial charge in [-0.15, -0.1) is 0 Å². The minimum atomic E-state index is -0.452. The van der Waals surface area contributed by atoms with Crippen molar-refractivity contribution in [1.82, 2.24) is 9.88 Å². The molecule has 146 valence electrons. The number of carbonyl (C=O) groups excluding carboxylic acids is 2. The van der Waals surface area contributed by atoms with Crippen LogP contribution in [0.5, 0.6) is 0 Å². The molecule has 0 fully saturated rings. The van der Waals surface area contributed by atoms with Crippen molar-refractivity contribution in [1.29, 1.82) is 0 Å². The molecule has 0 saturated heterocycles. The van der Waals surface area contributed by atoms with E-state index in [0.29, 0.717) is 24.6 Å². The highest BCUT2D eigenvalue weighted by Crippen LogP contribution is 2.21. The second-order valence-electron chi connectivity index (χ2n) is 6.53. The maximum atomic E-state index is 12.1. The SMILES string of the molecule is Cc1ccc(-c2cnc(CCC(=O)OCC(=O)N(C)Cc3ccsc3)o2)cc1. The molecule has 0 N–H and O–H groups in total. The highest BCUT2D eigenvalue weighted by molar-refractivity contribution is 7.07. The van der Waals surface area contributed by atoms with Gasteiger partial charge < -0.3 is 14.1 Å². The maximum Gasteiger partial charge on any atom is 0.306 e. The van der Waals surface area contributed by atoms with Crippen molar-refractivity contribution in [2.75, 3.05) is 13.7 Å². The number of benzene rings is 1. The van der Waals surface area contributed by atoms with Crippen molar-refractivity contribution in [2.45, 2.75) is 26.3 Å². The summed E-state index contributed by atoms with van der Waals surface area (Å²) in [5.74, 6) is 0.437. The zero-order valence-electron chi connectivity index (χ0n) is 15.9. The number of hydrogen-bond acceptors (Lipinski definition) is 6. The Morgan fingerprint density at radius 1 is 1.21 bits per heavy atom. The lowest BCUT2D eigenvalue weighted by atomic mass is 10.1. The molecule has 2 aromatic heterocycles. The van der Waals surface area contributed by atoms with Gasteiger partial charge in [0.2, 0.25) is 0 Å². The third kappa shape index (κ3) is 5.53. The summed E-state index contributed by atoms with van der Waals surface area (Å²) in [6, 6.07) is 9.89. The number of aryl methyl sites for hydroxylation is 2. The number of nitrogens with zero attached hydrogens (tertiary/aromatic N) is 2. The average Bonchev–Trinajstić information content (AvgIpc) is 3.37. The lowest BCUT2D eigenvalue weighted by molar-refractivity contribution is -0.151. The Morgan fingerprint density at radius 2 is 2.00 bits per heavy atom. The van der Waals surface area contributed by atoms with Crippen molar-refractivity contribution in [3.05, 3.63) is 64.3 Å². The van der Waals surface area contributed by atoms with E-state index in [-0.39, 0.29) is 18.9 Å². The largest absolute Gasteiger partial charge is 0.456 e. The molecule has 1 aromatic carbocycles. The fourth-order valence-electron chi connectivity index (χ4n) is 2.56. The van der Waals surface area contributed by atoms with Crippen LogP contribution in [0.15, 0.2) is 51.7 Å². The molecule has 0 spiro atoms. The summed E-state index contributed by atoms with van der Waals surface area (Å²) in [6.07, 6.45) is 2.08. The molecule has 6 nitrogen and oxygen atoms in total. The van der Waals surface area contributed by atoms with E-state index in [4.69, 9.17) is 9.15 Å². The molecule has 0 bridgehead atoms. The van der Waals surface area contributed by atoms with Crippen LogP contribution in [0, 0.1) is 6.92 Å². The first kappa shape index (κ1) is 19.8. The van der Waals surface area contributed by atoms with E-state index in [1.54, 1.807) is 24.6 Å². The molecule has 0 atom stereocenters. The summed E-state index contributed by atoms with van der Waals surface area (Å²) < 4.78 is 10.8. The Labute approximate surface area is 167 Å². The summed E-state index contributed by atoms with van der Waals surface area (Å²) in [7, 11) is 1.69. The first-order valence-electron chi connectivity index (χ1n) is 8.93. The molecule has 0 aliphatic rings. The van der Waals surface area contributed by atoms with E-state index in [0.717, 1.165) is 11.1 Å². The molecule has 2 heterocycles. The molecule has 0 aliphatic carbocycles. The number of esters is 1. The Morgan fingerprint density at radius 3 is 2.71 bits per heavy atom. The van der Waals surface area contributed by atoms with Gasteiger partial charge in [0.1, 0.15) is 0 Å². The molecule has 0 aliphatic heterocycles. The van der Waals surface area contributed by atoms with Gasteiger partial charge in [0.15, 0.2) is 18.3 Å². The zero-order valence-corrected chi connectivity index (χ0v) is 16.7. The third-order valence-electron chi connectivity index (χ3n) is 4.21. The van der Waals surface area contributed by atoms with E-state index in [1.165, 1.54) is 10.5 Å². The van der Waals surface area contributed by atoms with Crippen LogP contribution in [0.3, 0.4) is 0 Å². The number of oxazole rings is 1. The summed E-state index contributed by atoms with van der Waals surface area (Å²) in [5, 5.41) is 3.94. The Bertz CT molecular complexity index is 916. The van der Waals surface area contributed by atoms with Crippen LogP contribution in [-0.2, 0) is 27.3 Å². The van der Waals surface area contributed by atoms with E-state index in [9.17, 15) is 9.59 Å². The predicted molar refractivity (Wildman–Crippen MR) is 107 cm³/mol. The standard InChI is InChI=1S/C21H22N2O4S/c1-15-3-5-17(6-4-15)18-11-22-19(27-18)7-8-21(25)26-13-20(24)23(2)12-16-9-10-28-14-16/h3-6,9-11,14H,7-8,12-13H2,1-2H3. The van der Waals surface area contributed by atoms with Gasteiger partial charge in [0.05, 0.1) is 12.6 Å². The van der Waals surface area contributed by atoms with Crippen molar-refractivity contribution in [3.63, 3.8) is 0 Å². The molecule has 7 heteroatoms. The van der Waals surface area contributed by atoms with Crippen LogP contribution in [0.1, 0.15) is 23.4 Å². The monoisotopic (exact) mass is 398 g/mol. The number of amides is 1. The van der Waals surface area contributed by atoms with E-state index in [1.807, 2.05) is 48.0 Å². The molecule has 28 heavy (non-hydrogen) atoms. The van der Waals surface area contributed by atoms with Crippen LogP contribution < -0.4 is 0 Å². The van der Waals surface area contributed by atoms with Crippen molar-refractivity contribution in [3.8, 4) is 11.3 Å². The normalized spacial score (nSPS) is 10.6. The number of carbonyl (C=O) groups is 2. The van der Waals surface area contributed by atoms with Crippen LogP contribution in [0.4, 0.5) is 0 Å². The highest BCUT2D eigenvalue weighted by Gasteiger charge is 2.14. The highest BCUT2D eigenvalue weighted by atomic mass is 32.1. The summed E-state index contributed by atoms with van der Waals surface area (Å²) >= 11 is 1.58. The number of rotatable bonds is 8. The average molecular weight is 398 g/mol. The number of aromatic nitrogens is 1. The van der Waals surface area contributed by atoms with E-state index in [2.05, 4.69) is 4.98 Å². The number of likely N-dealkylation sites (N-methyl/N-ethyl adjacent to an activating group) is 1. The maximum absolute atomic E-state index is 12.1. The first-order chi connectivity index (χ1) is 13.5. The van der Waals surface area contributed by atoms with Crippen LogP contribution in [0.25, 0.3) is 11.3 Å². The molecule has 3 aromatic rings. The van der Waals surface area contributed by atoms with E-state index >= 15 is 0 Å². The summed E-state index contributed by atoms with van der Waals surface area (Å²) in [5.41, 5.74) is 3.16. The first-order valence-corrected chi connectivity index (χ1v) is 9.88. The Hall–Kier alpha value is -2.93. The van der Waals surface area contributed by atoms with Gasteiger partial charge in [-0.1, -0.05) is 29.8 Å². The van der Waals surface area contributed by atoms with Gasteiger partial charge in [0, 0.05) is 25.6 Å². The topological polar surface area (TPSA) is 72.6 Å². The summed E-state index contributed by atoms with van der Waals surface area (Å²) in [6.45, 7) is 2.25. The second-order valence-corrected chi connectivity index (χ2v) is 7.31. The fraction of sp³-hybridized carbons (Fsp3) is 0.286. The molecular weight excluding hydrogens is 376 g/mol. The second kappa shape index (κ2) is 9.32. The van der Waals surface area contributed by atoms with Crippen LogP contribution >= 0.6 is 11.3 Å². The fourth-order valence-corrected chi connectivity index (χ4v) is 3.22. The molecule has 3 rings (SSSR count). The van der Waals surface area contributed by atoms with Gasteiger partial charge in [-0.05, 0) is 29.3 Å². The molecule has 0 radical (unpaired) electrons. The molecule has 1 amide bonds. The minimum Gasteiger partial charge on any atom is -0.456 e. The Balaban J connectivity index is 1.42. The van der Waals surface area contributed by atoms with Crippen LogP contribution in [-0.4, -0.2) is 35.4 Å². The lowest BCUT2D eigenvalue weighted by Crippen LogP contribution is -2.30. The number of hydrogen-bond donors (Lipinski definition) is 0. The Kier molecular flexibility index (Phi) is 6.60. The van der Waals surface area contributed by atoms with Gasteiger partial charge in [-0.25, -0.2) is 4.98 Å². The van der Waals surface area contributed by atoms with Gasteiger partial charge in [0.25, 0.3) is 5.91 Å².